The van der Waals surface area contributed by atoms with Gasteiger partial charge < -0.3 is 10.6 Å². The highest BCUT2D eigenvalue weighted by Gasteiger charge is 2.25. The van der Waals surface area contributed by atoms with E-state index in [9.17, 15) is 9.59 Å². The minimum absolute atomic E-state index is 0.0225. The Bertz CT molecular complexity index is 1450. The number of aryl methyl sites for hydroxylation is 2. The van der Waals surface area contributed by atoms with Crippen molar-refractivity contribution >= 4 is 63.5 Å². The van der Waals surface area contributed by atoms with Crippen molar-refractivity contribution in [1.29, 1.82) is 0 Å². The van der Waals surface area contributed by atoms with Crippen LogP contribution < -0.4 is 15.5 Å². The van der Waals surface area contributed by atoms with Crippen LogP contribution in [0, 0.1) is 0 Å². The van der Waals surface area contributed by atoms with Crippen LogP contribution in [0.15, 0.2) is 102 Å². The number of benzene rings is 4. The van der Waals surface area contributed by atoms with Crippen molar-refractivity contribution in [2.24, 2.45) is 0 Å². The molecule has 0 fully saturated rings. The number of carbonyl (C=O) groups excluding carboxylic acids is 2. The third kappa shape index (κ3) is 5.96. The summed E-state index contributed by atoms with van der Waals surface area (Å²) in [5, 5.41) is 6.77. The Labute approximate surface area is 232 Å². The SMILES string of the molecule is CC(=O)c1ccc(NC(=S)Nc2cccc(SCC(=O)N3c4ccccc4CCc4ccccc43)c2)cc1. The number of thioether (sulfide) groups is 1. The van der Waals surface area contributed by atoms with E-state index in [1.165, 1.54) is 22.9 Å². The van der Waals surface area contributed by atoms with E-state index in [0.717, 1.165) is 40.5 Å². The molecule has 0 spiro atoms. The predicted octanol–water partition coefficient (Wildman–Crippen LogP) is 7.25. The molecule has 0 saturated heterocycles. The van der Waals surface area contributed by atoms with Crippen LogP contribution in [-0.2, 0) is 17.6 Å². The minimum Gasteiger partial charge on any atom is -0.332 e. The zero-order chi connectivity index (χ0) is 26.5. The molecular formula is C31H27N3O2S2. The fourth-order valence-electron chi connectivity index (χ4n) is 4.50. The van der Waals surface area contributed by atoms with E-state index in [0.29, 0.717) is 16.4 Å². The van der Waals surface area contributed by atoms with Crippen molar-refractivity contribution < 1.29 is 9.59 Å². The molecule has 0 aromatic heterocycles. The molecule has 1 heterocycles. The van der Waals surface area contributed by atoms with Crippen LogP contribution in [-0.4, -0.2) is 22.6 Å². The van der Waals surface area contributed by atoms with Gasteiger partial charge in [-0.1, -0.05) is 42.5 Å². The monoisotopic (exact) mass is 537 g/mol. The maximum atomic E-state index is 13.6. The van der Waals surface area contributed by atoms with E-state index in [1.807, 2.05) is 77.7 Å². The first-order chi connectivity index (χ1) is 18.5. The van der Waals surface area contributed by atoms with E-state index in [4.69, 9.17) is 12.2 Å². The molecule has 190 valence electrons. The Morgan fingerprint density at radius 2 is 1.39 bits per heavy atom. The Balaban J connectivity index is 1.26. The van der Waals surface area contributed by atoms with E-state index in [-0.39, 0.29) is 11.7 Å². The molecule has 4 aromatic carbocycles. The van der Waals surface area contributed by atoms with Gasteiger partial charge in [-0.05, 0) is 97.7 Å². The highest BCUT2D eigenvalue weighted by atomic mass is 32.2. The molecule has 1 aliphatic rings. The number of para-hydroxylation sites is 2. The van der Waals surface area contributed by atoms with Gasteiger partial charge in [0.05, 0.1) is 17.1 Å². The van der Waals surface area contributed by atoms with Crippen molar-refractivity contribution in [1.82, 2.24) is 0 Å². The molecular weight excluding hydrogens is 510 g/mol. The second-order valence-corrected chi connectivity index (χ2v) is 10.5. The molecule has 5 nitrogen and oxygen atoms in total. The molecule has 0 bridgehead atoms. The van der Waals surface area contributed by atoms with Crippen LogP contribution in [0.1, 0.15) is 28.4 Å². The molecule has 0 radical (unpaired) electrons. The average Bonchev–Trinajstić information content (AvgIpc) is 3.09. The number of hydrogen-bond acceptors (Lipinski definition) is 4. The van der Waals surface area contributed by atoms with E-state index < -0.39 is 0 Å². The number of anilines is 4. The van der Waals surface area contributed by atoms with Gasteiger partial charge in [-0.3, -0.25) is 14.5 Å². The van der Waals surface area contributed by atoms with Crippen LogP contribution in [0.5, 0.6) is 0 Å². The molecule has 0 unspecified atom stereocenters. The van der Waals surface area contributed by atoms with Gasteiger partial charge in [0.1, 0.15) is 0 Å². The molecule has 7 heteroatoms. The van der Waals surface area contributed by atoms with Gasteiger partial charge in [-0.15, -0.1) is 11.8 Å². The summed E-state index contributed by atoms with van der Waals surface area (Å²) in [5.41, 5.74) is 6.57. The smallest absolute Gasteiger partial charge is 0.241 e. The molecule has 1 aliphatic heterocycles. The Morgan fingerprint density at radius 3 is 2.03 bits per heavy atom. The second-order valence-electron chi connectivity index (χ2n) is 9.02. The summed E-state index contributed by atoms with van der Waals surface area (Å²) < 4.78 is 0. The fraction of sp³-hybridized carbons (Fsp3) is 0.129. The molecule has 4 aromatic rings. The topological polar surface area (TPSA) is 61.4 Å². The van der Waals surface area contributed by atoms with Gasteiger partial charge in [-0.25, -0.2) is 0 Å². The maximum absolute atomic E-state index is 13.6. The summed E-state index contributed by atoms with van der Waals surface area (Å²) in [6.07, 6.45) is 1.82. The quantitative estimate of drug-likeness (QED) is 0.153. The molecule has 0 atom stereocenters. The van der Waals surface area contributed by atoms with Gasteiger partial charge in [0.15, 0.2) is 10.9 Å². The largest absolute Gasteiger partial charge is 0.332 e. The number of carbonyl (C=O) groups is 2. The summed E-state index contributed by atoms with van der Waals surface area (Å²) in [7, 11) is 0. The van der Waals surface area contributed by atoms with Gasteiger partial charge in [-0.2, -0.15) is 0 Å². The minimum atomic E-state index is 0.0225. The van der Waals surface area contributed by atoms with Crippen LogP contribution in [0.3, 0.4) is 0 Å². The number of hydrogen-bond donors (Lipinski definition) is 2. The lowest BCUT2D eigenvalue weighted by molar-refractivity contribution is -0.115. The summed E-state index contributed by atoms with van der Waals surface area (Å²) in [6, 6.07) is 31.4. The lowest BCUT2D eigenvalue weighted by atomic mass is 10.0. The van der Waals surface area contributed by atoms with Crippen molar-refractivity contribution in [3.63, 3.8) is 0 Å². The zero-order valence-electron chi connectivity index (χ0n) is 20.9. The van der Waals surface area contributed by atoms with Crippen molar-refractivity contribution in [2.45, 2.75) is 24.7 Å². The lowest BCUT2D eigenvalue weighted by Gasteiger charge is -2.25. The van der Waals surface area contributed by atoms with E-state index in [2.05, 4.69) is 22.8 Å². The Hall–Kier alpha value is -3.94. The van der Waals surface area contributed by atoms with Gasteiger partial charge in [0.2, 0.25) is 5.91 Å². The van der Waals surface area contributed by atoms with Gasteiger partial charge in [0.25, 0.3) is 0 Å². The van der Waals surface area contributed by atoms with Crippen molar-refractivity contribution in [3.8, 4) is 0 Å². The highest BCUT2D eigenvalue weighted by Crippen LogP contribution is 2.37. The fourth-order valence-corrected chi connectivity index (χ4v) is 5.54. The molecule has 2 N–H and O–H groups in total. The highest BCUT2D eigenvalue weighted by molar-refractivity contribution is 8.00. The second kappa shape index (κ2) is 11.6. The number of ketones is 1. The zero-order valence-corrected chi connectivity index (χ0v) is 22.6. The number of nitrogens with one attached hydrogen (secondary N) is 2. The third-order valence-corrected chi connectivity index (χ3v) is 7.56. The number of Topliss-reactive ketones (excluding diaryl/α,β-unsaturated/α-hetero) is 1. The third-order valence-electron chi connectivity index (χ3n) is 6.38. The van der Waals surface area contributed by atoms with Crippen LogP contribution in [0.2, 0.25) is 0 Å². The van der Waals surface area contributed by atoms with Gasteiger partial charge in [0, 0.05) is 21.8 Å². The molecule has 5 rings (SSSR count). The Morgan fingerprint density at radius 1 is 0.789 bits per heavy atom. The molecule has 38 heavy (non-hydrogen) atoms. The number of nitrogens with zero attached hydrogens (tertiary/aromatic N) is 1. The standard InChI is InChI=1S/C31H27N3O2S2/c1-21(35)22-15-17-25(18-16-22)32-31(37)33-26-9-6-10-27(19-26)38-20-30(36)34-28-11-4-2-7-23(28)13-14-24-8-3-5-12-29(24)34/h2-12,15-19H,13-14,20H2,1H3,(H2,32,33,37). The first-order valence-electron chi connectivity index (χ1n) is 12.4. The lowest BCUT2D eigenvalue weighted by Crippen LogP contribution is -2.28. The molecule has 0 aliphatic carbocycles. The number of fused-ring (bicyclic) bond motifs is 2. The summed E-state index contributed by atoms with van der Waals surface area (Å²) in [6.45, 7) is 1.54. The van der Waals surface area contributed by atoms with Crippen LogP contribution in [0.4, 0.5) is 22.7 Å². The molecule has 1 amide bonds. The predicted molar refractivity (Wildman–Crippen MR) is 161 cm³/mol. The number of rotatable bonds is 6. The average molecular weight is 538 g/mol. The van der Waals surface area contributed by atoms with E-state index in [1.54, 1.807) is 19.1 Å². The summed E-state index contributed by atoms with van der Waals surface area (Å²) >= 11 is 6.97. The summed E-state index contributed by atoms with van der Waals surface area (Å²) in [5.74, 6) is 0.368. The first-order valence-corrected chi connectivity index (χ1v) is 13.8. The van der Waals surface area contributed by atoms with E-state index >= 15 is 0 Å². The number of thiocarbonyl (C=S) groups is 1. The van der Waals surface area contributed by atoms with Crippen LogP contribution in [0.25, 0.3) is 0 Å². The van der Waals surface area contributed by atoms with Crippen LogP contribution >= 0.6 is 24.0 Å². The summed E-state index contributed by atoms with van der Waals surface area (Å²) in [4.78, 5) is 27.9. The normalized spacial score (nSPS) is 12.1. The Kier molecular flexibility index (Phi) is 7.86. The first kappa shape index (κ1) is 25.7. The van der Waals surface area contributed by atoms with Gasteiger partial charge >= 0.3 is 0 Å². The maximum Gasteiger partial charge on any atom is 0.241 e. The number of amides is 1. The van der Waals surface area contributed by atoms with Crippen molar-refractivity contribution in [3.05, 3.63) is 114 Å². The van der Waals surface area contributed by atoms with Crippen molar-refractivity contribution in [2.75, 3.05) is 21.3 Å². The molecule has 0 saturated carbocycles.